The van der Waals surface area contributed by atoms with Gasteiger partial charge in [0.15, 0.2) is 0 Å². The third-order valence-electron chi connectivity index (χ3n) is 6.17. The van der Waals surface area contributed by atoms with Crippen molar-refractivity contribution in [3.8, 4) is 11.5 Å². The molecule has 0 aromatic heterocycles. The van der Waals surface area contributed by atoms with E-state index >= 15 is 0 Å². The first-order chi connectivity index (χ1) is 16.6. The van der Waals surface area contributed by atoms with Crippen molar-refractivity contribution in [1.29, 1.82) is 0 Å². The van der Waals surface area contributed by atoms with Gasteiger partial charge in [0.25, 0.3) is 0 Å². The predicted octanol–water partition coefficient (Wildman–Crippen LogP) is 6.18. The minimum Gasteiger partial charge on any atom is -0.497 e. The van der Waals surface area contributed by atoms with Crippen LogP contribution in [0.2, 0.25) is 0 Å². The predicted molar refractivity (Wildman–Crippen MR) is 137 cm³/mol. The fourth-order valence-corrected chi connectivity index (χ4v) is 4.30. The van der Waals surface area contributed by atoms with Crippen LogP contribution >= 0.6 is 0 Å². The number of hydrogen-bond acceptors (Lipinski definition) is 3. The highest BCUT2D eigenvalue weighted by Gasteiger charge is 2.42. The number of aryl methyl sites for hydroxylation is 1. The molecule has 172 valence electrons. The summed E-state index contributed by atoms with van der Waals surface area (Å²) in [6, 6.07) is 33.7. The molecule has 0 bridgehead atoms. The maximum Gasteiger partial charge on any atom is 0.239 e. The molecule has 0 aliphatic carbocycles. The van der Waals surface area contributed by atoms with E-state index in [1.54, 1.807) is 20.3 Å². The van der Waals surface area contributed by atoms with Gasteiger partial charge in [0.1, 0.15) is 16.9 Å². The van der Waals surface area contributed by atoms with Crippen molar-refractivity contribution in [3.05, 3.63) is 125 Å². The third kappa shape index (κ3) is 4.67. The highest BCUT2D eigenvalue weighted by Crippen LogP contribution is 2.39. The van der Waals surface area contributed by atoms with Gasteiger partial charge in [-0.3, -0.25) is 4.79 Å². The van der Waals surface area contributed by atoms with Crippen LogP contribution in [0.4, 0.5) is 5.69 Å². The van der Waals surface area contributed by atoms with Gasteiger partial charge in [0.05, 0.1) is 19.9 Å². The van der Waals surface area contributed by atoms with Gasteiger partial charge >= 0.3 is 0 Å². The second-order valence-corrected chi connectivity index (χ2v) is 8.32. The standard InChI is InChI=1S/C30H29NO3/c1-22-14-16-23(17-15-22)21-30(24-10-6-4-7-11-24,25-12-8-5-9-13-25)29(32)31-27-19-18-26(33-2)20-28(27)34-3/h4-20H,21H2,1-3H3,(H,31,32). The van der Waals surface area contributed by atoms with Gasteiger partial charge < -0.3 is 14.8 Å². The molecule has 0 radical (unpaired) electrons. The van der Waals surface area contributed by atoms with E-state index in [2.05, 4.69) is 36.5 Å². The van der Waals surface area contributed by atoms with Gasteiger partial charge in [-0.2, -0.15) is 0 Å². The van der Waals surface area contributed by atoms with E-state index in [0.29, 0.717) is 23.6 Å². The number of nitrogens with one attached hydrogen (secondary N) is 1. The number of benzene rings is 4. The molecule has 0 saturated carbocycles. The quantitative estimate of drug-likeness (QED) is 0.348. The lowest BCUT2D eigenvalue weighted by molar-refractivity contribution is -0.120. The molecule has 0 aliphatic heterocycles. The smallest absolute Gasteiger partial charge is 0.239 e. The van der Waals surface area contributed by atoms with E-state index < -0.39 is 5.41 Å². The molecule has 34 heavy (non-hydrogen) atoms. The normalized spacial score (nSPS) is 11.0. The Morgan fingerprint density at radius 2 is 1.35 bits per heavy atom. The highest BCUT2D eigenvalue weighted by molar-refractivity contribution is 6.03. The van der Waals surface area contributed by atoms with Crippen LogP contribution in [0.1, 0.15) is 22.3 Å². The van der Waals surface area contributed by atoms with Crippen molar-refractivity contribution < 1.29 is 14.3 Å². The van der Waals surface area contributed by atoms with Crippen LogP contribution in [0.5, 0.6) is 11.5 Å². The molecule has 4 heteroatoms. The van der Waals surface area contributed by atoms with Crippen molar-refractivity contribution in [2.75, 3.05) is 19.5 Å². The zero-order chi connectivity index (χ0) is 24.0. The van der Waals surface area contributed by atoms with Crippen molar-refractivity contribution in [2.24, 2.45) is 0 Å². The van der Waals surface area contributed by atoms with Gasteiger partial charge in [0.2, 0.25) is 5.91 Å². The number of methoxy groups -OCH3 is 2. The van der Waals surface area contributed by atoms with Gasteiger partial charge in [-0.1, -0.05) is 90.5 Å². The zero-order valence-corrected chi connectivity index (χ0v) is 19.7. The topological polar surface area (TPSA) is 47.6 Å². The fourth-order valence-electron chi connectivity index (χ4n) is 4.30. The molecule has 1 N–H and O–H groups in total. The Morgan fingerprint density at radius 1 is 0.765 bits per heavy atom. The van der Waals surface area contributed by atoms with Crippen molar-refractivity contribution >= 4 is 11.6 Å². The summed E-state index contributed by atoms with van der Waals surface area (Å²) in [6.07, 6.45) is 0.506. The minimum absolute atomic E-state index is 0.131. The summed E-state index contributed by atoms with van der Waals surface area (Å²) in [7, 11) is 3.18. The summed E-state index contributed by atoms with van der Waals surface area (Å²) < 4.78 is 10.9. The van der Waals surface area contributed by atoms with E-state index in [-0.39, 0.29) is 5.91 Å². The number of anilines is 1. The number of ether oxygens (including phenoxy) is 2. The molecule has 0 fully saturated rings. The molecule has 0 aliphatic rings. The summed E-state index contributed by atoms with van der Waals surface area (Å²) in [5.41, 5.74) is 3.74. The first-order valence-corrected chi connectivity index (χ1v) is 11.3. The molecule has 4 aromatic rings. The van der Waals surface area contributed by atoms with Crippen LogP contribution in [-0.2, 0) is 16.6 Å². The Balaban J connectivity index is 1.87. The van der Waals surface area contributed by atoms with Crippen LogP contribution < -0.4 is 14.8 Å². The molecular formula is C30H29NO3. The number of hydrogen-bond donors (Lipinski definition) is 1. The Labute approximate surface area is 201 Å². The molecule has 0 saturated heterocycles. The molecule has 1 amide bonds. The molecule has 0 atom stereocenters. The van der Waals surface area contributed by atoms with Crippen molar-refractivity contribution in [3.63, 3.8) is 0 Å². The largest absolute Gasteiger partial charge is 0.497 e. The van der Waals surface area contributed by atoms with E-state index in [1.807, 2.05) is 72.8 Å². The lowest BCUT2D eigenvalue weighted by Gasteiger charge is -2.34. The monoisotopic (exact) mass is 451 g/mol. The Hall–Kier alpha value is -4.05. The summed E-state index contributed by atoms with van der Waals surface area (Å²) in [5.74, 6) is 1.07. The average Bonchev–Trinajstić information content (AvgIpc) is 2.89. The SMILES string of the molecule is COc1ccc(NC(=O)C(Cc2ccc(C)cc2)(c2ccccc2)c2ccccc2)c(OC)c1. The third-order valence-corrected chi connectivity index (χ3v) is 6.17. The van der Waals surface area contributed by atoms with Crippen molar-refractivity contribution in [1.82, 2.24) is 0 Å². The number of amides is 1. The van der Waals surface area contributed by atoms with E-state index in [4.69, 9.17) is 9.47 Å². The lowest BCUT2D eigenvalue weighted by Crippen LogP contribution is -2.43. The summed E-state index contributed by atoms with van der Waals surface area (Å²) in [6.45, 7) is 2.06. The second kappa shape index (κ2) is 10.3. The summed E-state index contributed by atoms with van der Waals surface area (Å²) in [4.78, 5) is 14.3. The molecular weight excluding hydrogens is 422 g/mol. The number of rotatable bonds is 8. The summed E-state index contributed by atoms with van der Waals surface area (Å²) in [5, 5.41) is 3.16. The van der Waals surface area contributed by atoms with Gasteiger partial charge in [-0.15, -0.1) is 0 Å². The molecule has 4 aromatic carbocycles. The Bertz CT molecular complexity index is 1200. The van der Waals surface area contributed by atoms with Gasteiger partial charge in [-0.25, -0.2) is 0 Å². The Kier molecular flexibility index (Phi) is 6.98. The van der Waals surface area contributed by atoms with Crippen LogP contribution in [-0.4, -0.2) is 20.1 Å². The van der Waals surface area contributed by atoms with Crippen molar-refractivity contribution in [2.45, 2.75) is 18.8 Å². The zero-order valence-electron chi connectivity index (χ0n) is 19.7. The molecule has 4 nitrogen and oxygen atoms in total. The maximum absolute atomic E-state index is 14.3. The second-order valence-electron chi connectivity index (χ2n) is 8.32. The van der Waals surface area contributed by atoms with E-state index in [1.165, 1.54) is 5.56 Å². The van der Waals surface area contributed by atoms with E-state index in [0.717, 1.165) is 16.7 Å². The fraction of sp³-hybridized carbons (Fsp3) is 0.167. The number of carbonyl (C=O) groups excluding carboxylic acids is 1. The number of carbonyl (C=O) groups is 1. The molecule has 0 spiro atoms. The Morgan fingerprint density at radius 3 is 1.88 bits per heavy atom. The minimum atomic E-state index is -0.956. The summed E-state index contributed by atoms with van der Waals surface area (Å²) >= 11 is 0. The van der Waals surface area contributed by atoms with E-state index in [9.17, 15) is 4.79 Å². The van der Waals surface area contributed by atoms with Gasteiger partial charge in [0, 0.05) is 6.07 Å². The molecule has 0 unspecified atom stereocenters. The van der Waals surface area contributed by atoms with Crippen LogP contribution in [0.25, 0.3) is 0 Å². The molecule has 4 rings (SSSR count). The van der Waals surface area contributed by atoms with Crippen LogP contribution in [0.15, 0.2) is 103 Å². The first kappa shape index (κ1) is 23.1. The molecule has 0 heterocycles. The average molecular weight is 452 g/mol. The van der Waals surface area contributed by atoms with Crippen LogP contribution in [0.3, 0.4) is 0 Å². The maximum atomic E-state index is 14.3. The first-order valence-electron chi connectivity index (χ1n) is 11.3. The highest BCUT2D eigenvalue weighted by atomic mass is 16.5. The van der Waals surface area contributed by atoms with Gasteiger partial charge in [-0.05, 0) is 42.2 Å². The lowest BCUT2D eigenvalue weighted by atomic mass is 9.69. The van der Waals surface area contributed by atoms with Crippen LogP contribution in [0, 0.1) is 6.92 Å².